The number of thiocarbonyl (C=S) groups is 1. The van der Waals surface area contributed by atoms with Gasteiger partial charge in [-0.1, -0.05) is 18.2 Å². The number of rotatable bonds is 5. The predicted octanol–water partition coefficient (Wildman–Crippen LogP) is 4.62. The summed E-state index contributed by atoms with van der Waals surface area (Å²) in [5.74, 6) is 0.794. The molecule has 0 unspecified atom stereocenters. The minimum atomic E-state index is 0.542. The number of hydrogen-bond donors (Lipinski definition) is 2. The minimum Gasteiger partial charge on any atom is -0.492 e. The van der Waals surface area contributed by atoms with Crippen molar-refractivity contribution < 1.29 is 4.74 Å². The molecule has 2 aromatic rings. The van der Waals surface area contributed by atoms with Crippen molar-refractivity contribution in [3.63, 3.8) is 0 Å². The van der Waals surface area contributed by atoms with Crippen LogP contribution in [0.3, 0.4) is 0 Å². The predicted molar refractivity (Wildman–Crippen MR) is 95.7 cm³/mol. The molecule has 0 radical (unpaired) electrons. The quantitative estimate of drug-likeness (QED) is 0.621. The lowest BCUT2D eigenvalue weighted by molar-refractivity contribution is 0.342. The third-order valence-corrected chi connectivity index (χ3v) is 3.69. The largest absolute Gasteiger partial charge is 0.492 e. The van der Waals surface area contributed by atoms with Gasteiger partial charge in [-0.15, -0.1) is 11.8 Å². The van der Waals surface area contributed by atoms with Gasteiger partial charge in [0, 0.05) is 10.6 Å². The number of thioether (sulfide) groups is 1. The molecule has 2 N–H and O–H groups in total. The molecule has 0 spiro atoms. The van der Waals surface area contributed by atoms with Crippen LogP contribution >= 0.6 is 24.0 Å². The lowest BCUT2D eigenvalue weighted by atomic mass is 10.3. The molecule has 5 heteroatoms. The van der Waals surface area contributed by atoms with Gasteiger partial charge in [0.25, 0.3) is 0 Å². The highest BCUT2D eigenvalue weighted by molar-refractivity contribution is 7.98. The molecule has 0 saturated carbocycles. The summed E-state index contributed by atoms with van der Waals surface area (Å²) < 4.78 is 5.57. The molecule has 0 aromatic heterocycles. The van der Waals surface area contributed by atoms with Gasteiger partial charge in [-0.05, 0) is 55.7 Å². The van der Waals surface area contributed by atoms with Gasteiger partial charge in [0.2, 0.25) is 0 Å². The van der Waals surface area contributed by atoms with E-state index in [9.17, 15) is 0 Å². The monoisotopic (exact) mass is 318 g/mol. The van der Waals surface area contributed by atoms with Crippen LogP contribution in [0.2, 0.25) is 0 Å². The number of para-hydroxylation sites is 2. The third kappa shape index (κ3) is 4.65. The van der Waals surface area contributed by atoms with E-state index < -0.39 is 0 Å². The highest BCUT2D eigenvalue weighted by atomic mass is 32.2. The lowest BCUT2D eigenvalue weighted by Crippen LogP contribution is -2.19. The maximum Gasteiger partial charge on any atom is 0.175 e. The first kappa shape index (κ1) is 15.7. The van der Waals surface area contributed by atoms with Crippen molar-refractivity contribution in [2.45, 2.75) is 11.8 Å². The fourth-order valence-corrected chi connectivity index (χ4v) is 2.52. The Balaban J connectivity index is 2.04. The molecular weight excluding hydrogens is 300 g/mol. The van der Waals surface area contributed by atoms with Crippen LogP contribution in [0.15, 0.2) is 53.4 Å². The number of ether oxygens (including phenoxy) is 1. The van der Waals surface area contributed by atoms with Crippen molar-refractivity contribution in [2.75, 3.05) is 23.5 Å². The maximum atomic E-state index is 5.57. The number of benzene rings is 2. The Hall–Kier alpha value is -1.72. The van der Waals surface area contributed by atoms with E-state index in [1.54, 1.807) is 11.8 Å². The number of nitrogens with one attached hydrogen (secondary N) is 2. The van der Waals surface area contributed by atoms with E-state index >= 15 is 0 Å². The van der Waals surface area contributed by atoms with Gasteiger partial charge in [-0.2, -0.15) is 0 Å². The molecule has 0 aliphatic rings. The smallest absolute Gasteiger partial charge is 0.175 e. The molecule has 0 bridgehead atoms. The molecule has 3 nitrogen and oxygen atoms in total. The number of anilines is 2. The van der Waals surface area contributed by atoms with E-state index in [4.69, 9.17) is 17.0 Å². The summed E-state index contributed by atoms with van der Waals surface area (Å²) in [7, 11) is 0. The standard InChI is InChI=1S/C16H18N2OS2/c1-3-19-15-10-5-4-9-14(15)18-16(20)17-12-7-6-8-13(11-12)21-2/h4-11H,3H2,1-2H3,(H2,17,18,20). The van der Waals surface area contributed by atoms with E-state index in [1.807, 2.05) is 49.6 Å². The van der Waals surface area contributed by atoms with Crippen LogP contribution in [0.4, 0.5) is 11.4 Å². The fraction of sp³-hybridized carbons (Fsp3) is 0.188. The lowest BCUT2D eigenvalue weighted by Gasteiger charge is -2.14. The van der Waals surface area contributed by atoms with Gasteiger partial charge in [0.05, 0.1) is 12.3 Å². The van der Waals surface area contributed by atoms with Crippen LogP contribution < -0.4 is 15.4 Å². The Morgan fingerprint density at radius 1 is 1.14 bits per heavy atom. The van der Waals surface area contributed by atoms with Crippen molar-refractivity contribution in [3.05, 3.63) is 48.5 Å². The molecule has 0 fully saturated rings. The first-order valence-corrected chi connectivity index (χ1v) is 8.30. The molecule has 110 valence electrons. The topological polar surface area (TPSA) is 33.3 Å². The first-order valence-electron chi connectivity index (χ1n) is 6.67. The molecule has 21 heavy (non-hydrogen) atoms. The molecular formula is C16H18N2OS2. The fourth-order valence-electron chi connectivity index (χ4n) is 1.84. The van der Waals surface area contributed by atoms with Crippen molar-refractivity contribution >= 4 is 40.5 Å². The van der Waals surface area contributed by atoms with Gasteiger partial charge in [-0.25, -0.2) is 0 Å². The second kappa shape index (κ2) is 7.90. The summed E-state index contributed by atoms with van der Waals surface area (Å²) >= 11 is 7.06. The highest BCUT2D eigenvalue weighted by Gasteiger charge is 2.05. The third-order valence-electron chi connectivity index (χ3n) is 2.76. The van der Waals surface area contributed by atoms with Gasteiger partial charge >= 0.3 is 0 Å². The Morgan fingerprint density at radius 3 is 2.71 bits per heavy atom. The van der Waals surface area contributed by atoms with Crippen LogP contribution in [-0.2, 0) is 0 Å². The van der Waals surface area contributed by atoms with E-state index in [0.717, 1.165) is 17.1 Å². The average Bonchev–Trinajstić information content (AvgIpc) is 2.49. The van der Waals surface area contributed by atoms with Crippen molar-refractivity contribution in [2.24, 2.45) is 0 Å². The summed E-state index contributed by atoms with van der Waals surface area (Å²) in [6.45, 7) is 2.58. The molecule has 2 rings (SSSR count). The Labute approximate surface area is 135 Å². The van der Waals surface area contributed by atoms with Crippen molar-refractivity contribution in [1.82, 2.24) is 0 Å². The first-order chi connectivity index (χ1) is 10.2. The van der Waals surface area contributed by atoms with Crippen LogP contribution in [0.25, 0.3) is 0 Å². The molecule has 0 amide bonds. The van der Waals surface area contributed by atoms with Crippen LogP contribution in [0, 0.1) is 0 Å². The van der Waals surface area contributed by atoms with Crippen molar-refractivity contribution in [3.8, 4) is 5.75 Å². The normalized spacial score (nSPS) is 10.0. The molecule has 2 aromatic carbocycles. The van der Waals surface area contributed by atoms with Gasteiger partial charge in [-0.3, -0.25) is 0 Å². The maximum absolute atomic E-state index is 5.57. The Bertz CT molecular complexity index is 617. The molecule has 0 aliphatic carbocycles. The van der Waals surface area contributed by atoms with Crippen molar-refractivity contribution in [1.29, 1.82) is 0 Å². The highest BCUT2D eigenvalue weighted by Crippen LogP contribution is 2.24. The molecule has 0 heterocycles. The molecule has 0 atom stereocenters. The SMILES string of the molecule is CCOc1ccccc1NC(=S)Nc1cccc(SC)c1. The number of hydrogen-bond acceptors (Lipinski definition) is 3. The zero-order valence-corrected chi connectivity index (χ0v) is 13.7. The summed E-state index contributed by atoms with van der Waals surface area (Å²) in [4.78, 5) is 1.19. The average molecular weight is 318 g/mol. The second-order valence-corrected chi connectivity index (χ2v) is 5.53. The zero-order chi connectivity index (χ0) is 15.1. The van der Waals surface area contributed by atoms with E-state index in [1.165, 1.54) is 4.90 Å². The van der Waals surface area contributed by atoms with Gasteiger partial charge in [0.15, 0.2) is 5.11 Å². The minimum absolute atomic E-state index is 0.542. The van der Waals surface area contributed by atoms with E-state index in [2.05, 4.69) is 22.8 Å². The summed E-state index contributed by atoms with van der Waals surface area (Å²) in [6.07, 6.45) is 2.05. The summed E-state index contributed by atoms with van der Waals surface area (Å²) in [5.41, 5.74) is 1.83. The van der Waals surface area contributed by atoms with E-state index in [0.29, 0.717) is 11.7 Å². The van der Waals surface area contributed by atoms with Crippen LogP contribution in [0.5, 0.6) is 5.75 Å². The summed E-state index contributed by atoms with van der Waals surface area (Å²) in [6, 6.07) is 15.9. The summed E-state index contributed by atoms with van der Waals surface area (Å²) in [5, 5.41) is 6.90. The molecule has 0 aliphatic heterocycles. The second-order valence-electron chi connectivity index (χ2n) is 4.24. The van der Waals surface area contributed by atoms with Gasteiger partial charge < -0.3 is 15.4 Å². The van der Waals surface area contributed by atoms with Gasteiger partial charge in [0.1, 0.15) is 5.75 Å². The van der Waals surface area contributed by atoms with E-state index in [-0.39, 0.29) is 0 Å². The van der Waals surface area contributed by atoms with Crippen LogP contribution in [-0.4, -0.2) is 18.0 Å². The Kier molecular flexibility index (Phi) is 5.90. The Morgan fingerprint density at radius 2 is 1.95 bits per heavy atom. The van der Waals surface area contributed by atoms with Crippen LogP contribution in [0.1, 0.15) is 6.92 Å². The molecule has 0 saturated heterocycles. The zero-order valence-electron chi connectivity index (χ0n) is 12.1.